The van der Waals surface area contributed by atoms with Crippen LogP contribution in [0.3, 0.4) is 0 Å². The maximum atomic E-state index is 5.87. The molecule has 90 valence electrons. The topological polar surface area (TPSA) is 16.1 Å². The fourth-order valence-electron chi connectivity index (χ4n) is 1.93. The number of aromatic nitrogens is 1. The highest BCUT2D eigenvalue weighted by Crippen LogP contribution is 2.31. The first kappa shape index (κ1) is 11.7. The molecule has 0 spiro atoms. The molecule has 0 aliphatic heterocycles. The van der Waals surface area contributed by atoms with E-state index in [2.05, 4.69) is 26.7 Å². The number of rotatable bonds is 5. The van der Waals surface area contributed by atoms with Gasteiger partial charge < -0.3 is 0 Å². The lowest BCUT2D eigenvalue weighted by atomic mass is 10.3. The second-order valence-corrected chi connectivity index (χ2v) is 6.82. The molecule has 5 heteroatoms. The summed E-state index contributed by atoms with van der Waals surface area (Å²) in [5.41, 5.74) is 1.41. The summed E-state index contributed by atoms with van der Waals surface area (Å²) in [5.74, 6) is 0. The van der Waals surface area contributed by atoms with Gasteiger partial charge in [0.05, 0.1) is 0 Å². The Morgan fingerprint density at radius 1 is 1.41 bits per heavy atom. The summed E-state index contributed by atoms with van der Waals surface area (Å²) < 4.78 is 0.645. The average Bonchev–Trinajstić information content (AvgIpc) is 2.89. The van der Waals surface area contributed by atoms with Crippen molar-refractivity contribution in [2.24, 2.45) is 0 Å². The number of thiazole rings is 1. The van der Waals surface area contributed by atoms with E-state index < -0.39 is 0 Å². The maximum Gasteiger partial charge on any atom is 0.183 e. The van der Waals surface area contributed by atoms with Gasteiger partial charge in [0.2, 0.25) is 0 Å². The summed E-state index contributed by atoms with van der Waals surface area (Å²) in [6, 6.07) is 2.97. The van der Waals surface area contributed by atoms with Crippen molar-refractivity contribution in [1.29, 1.82) is 0 Å². The Balaban J connectivity index is 1.68. The summed E-state index contributed by atoms with van der Waals surface area (Å²) in [6.45, 7) is 2.02. The van der Waals surface area contributed by atoms with Gasteiger partial charge in [0.25, 0.3) is 0 Å². The van der Waals surface area contributed by atoms with Crippen LogP contribution in [0.15, 0.2) is 23.0 Å². The molecule has 1 aliphatic rings. The lowest BCUT2D eigenvalue weighted by molar-refractivity contribution is 0.248. The molecule has 17 heavy (non-hydrogen) atoms. The molecule has 0 unspecified atom stereocenters. The molecule has 2 aromatic heterocycles. The molecule has 2 aromatic rings. The molecule has 1 aliphatic carbocycles. The Morgan fingerprint density at radius 3 is 2.88 bits per heavy atom. The highest BCUT2D eigenvalue weighted by molar-refractivity contribution is 7.15. The zero-order chi connectivity index (χ0) is 11.7. The van der Waals surface area contributed by atoms with Gasteiger partial charge in [-0.25, -0.2) is 4.98 Å². The van der Waals surface area contributed by atoms with Crippen LogP contribution < -0.4 is 0 Å². The van der Waals surface area contributed by atoms with Crippen LogP contribution in [0.5, 0.6) is 0 Å². The predicted octanol–water partition coefficient (Wildman–Crippen LogP) is 4.02. The van der Waals surface area contributed by atoms with E-state index in [4.69, 9.17) is 11.6 Å². The number of nitrogens with zero attached hydrogens (tertiary/aromatic N) is 2. The molecule has 0 amide bonds. The second kappa shape index (κ2) is 5.06. The van der Waals surface area contributed by atoms with Crippen LogP contribution in [0.2, 0.25) is 4.47 Å². The van der Waals surface area contributed by atoms with Gasteiger partial charge in [0.15, 0.2) is 4.47 Å². The van der Waals surface area contributed by atoms with Crippen LogP contribution in [-0.2, 0) is 13.1 Å². The van der Waals surface area contributed by atoms with Gasteiger partial charge in [-0.05, 0) is 35.2 Å². The Bertz CT molecular complexity index is 476. The van der Waals surface area contributed by atoms with Crippen LogP contribution in [0.1, 0.15) is 23.3 Å². The monoisotopic (exact) mass is 284 g/mol. The SMILES string of the molecule is Clc1ncc(CN(Cc2ccsc2)C2CC2)s1. The van der Waals surface area contributed by atoms with Crippen LogP contribution in [0.4, 0.5) is 0 Å². The number of halogens is 1. The fraction of sp³-hybridized carbons (Fsp3) is 0.417. The van der Waals surface area contributed by atoms with Gasteiger partial charge in [-0.15, -0.1) is 11.3 Å². The van der Waals surface area contributed by atoms with Gasteiger partial charge in [0, 0.05) is 30.2 Å². The maximum absolute atomic E-state index is 5.87. The third kappa shape index (κ3) is 3.07. The second-order valence-electron chi connectivity index (χ2n) is 4.35. The molecule has 0 bridgehead atoms. The summed E-state index contributed by atoms with van der Waals surface area (Å²) in [6.07, 6.45) is 4.56. The van der Waals surface area contributed by atoms with Crippen molar-refractivity contribution in [2.45, 2.75) is 32.0 Å². The lowest BCUT2D eigenvalue weighted by Crippen LogP contribution is -2.24. The van der Waals surface area contributed by atoms with Crippen molar-refractivity contribution >= 4 is 34.3 Å². The van der Waals surface area contributed by atoms with E-state index >= 15 is 0 Å². The Kier molecular flexibility index (Phi) is 3.47. The third-order valence-electron chi connectivity index (χ3n) is 2.91. The summed E-state index contributed by atoms with van der Waals surface area (Å²) in [5, 5.41) is 4.37. The summed E-state index contributed by atoms with van der Waals surface area (Å²) in [7, 11) is 0. The Hall–Kier alpha value is -0.420. The number of hydrogen-bond acceptors (Lipinski definition) is 4. The van der Waals surface area contributed by atoms with Gasteiger partial charge in [-0.3, -0.25) is 4.90 Å². The average molecular weight is 285 g/mol. The molecule has 2 nitrogen and oxygen atoms in total. The van der Waals surface area contributed by atoms with E-state index in [0.717, 1.165) is 19.1 Å². The van der Waals surface area contributed by atoms with Crippen LogP contribution in [0, 0.1) is 0 Å². The van der Waals surface area contributed by atoms with E-state index in [9.17, 15) is 0 Å². The normalized spacial score (nSPS) is 15.6. The predicted molar refractivity (Wildman–Crippen MR) is 73.7 cm³/mol. The summed E-state index contributed by atoms with van der Waals surface area (Å²) in [4.78, 5) is 7.90. The summed E-state index contributed by atoms with van der Waals surface area (Å²) >= 11 is 9.23. The molecule has 0 radical (unpaired) electrons. The van der Waals surface area contributed by atoms with Gasteiger partial charge in [-0.2, -0.15) is 11.3 Å². The first-order valence-corrected chi connectivity index (χ1v) is 7.80. The van der Waals surface area contributed by atoms with Crippen molar-refractivity contribution in [3.8, 4) is 0 Å². The first-order chi connectivity index (χ1) is 8.31. The Morgan fingerprint density at radius 2 is 2.29 bits per heavy atom. The molecule has 2 heterocycles. The van der Waals surface area contributed by atoms with E-state index in [1.54, 1.807) is 22.7 Å². The van der Waals surface area contributed by atoms with E-state index in [1.807, 2.05) is 6.20 Å². The van der Waals surface area contributed by atoms with E-state index in [-0.39, 0.29) is 0 Å². The molecule has 1 fully saturated rings. The van der Waals surface area contributed by atoms with Crippen LogP contribution >= 0.6 is 34.3 Å². The quantitative estimate of drug-likeness (QED) is 0.824. The van der Waals surface area contributed by atoms with Crippen molar-refractivity contribution in [2.75, 3.05) is 0 Å². The minimum Gasteiger partial charge on any atom is -0.291 e. The van der Waals surface area contributed by atoms with E-state index in [1.165, 1.54) is 23.3 Å². The molecule has 0 N–H and O–H groups in total. The third-order valence-corrected chi connectivity index (χ3v) is 4.74. The van der Waals surface area contributed by atoms with Gasteiger partial charge in [-0.1, -0.05) is 11.6 Å². The standard InChI is InChI=1S/C12H13ClN2S2/c13-12-14-5-11(17-12)7-15(10-1-2-10)6-9-3-4-16-8-9/h3-5,8,10H,1-2,6-7H2. The van der Waals surface area contributed by atoms with Crippen molar-refractivity contribution in [3.05, 3.63) is 37.9 Å². The largest absolute Gasteiger partial charge is 0.291 e. The molecule has 0 aromatic carbocycles. The highest BCUT2D eigenvalue weighted by Gasteiger charge is 2.29. The molecule has 0 atom stereocenters. The fourth-order valence-corrected chi connectivity index (χ4v) is 3.59. The molecular weight excluding hydrogens is 272 g/mol. The zero-order valence-corrected chi connectivity index (χ0v) is 11.7. The molecule has 3 rings (SSSR count). The van der Waals surface area contributed by atoms with Gasteiger partial charge >= 0.3 is 0 Å². The minimum atomic E-state index is 0.645. The Labute approximate surface area is 114 Å². The van der Waals surface area contributed by atoms with Crippen LogP contribution in [-0.4, -0.2) is 15.9 Å². The van der Waals surface area contributed by atoms with Crippen molar-refractivity contribution in [3.63, 3.8) is 0 Å². The lowest BCUT2D eigenvalue weighted by Gasteiger charge is -2.20. The molecule has 1 saturated carbocycles. The van der Waals surface area contributed by atoms with Crippen molar-refractivity contribution < 1.29 is 0 Å². The van der Waals surface area contributed by atoms with E-state index in [0.29, 0.717) is 4.47 Å². The zero-order valence-electron chi connectivity index (χ0n) is 9.30. The smallest absolute Gasteiger partial charge is 0.183 e. The van der Waals surface area contributed by atoms with Gasteiger partial charge in [0.1, 0.15) is 0 Å². The molecular formula is C12H13ClN2S2. The number of hydrogen-bond donors (Lipinski definition) is 0. The first-order valence-electron chi connectivity index (χ1n) is 5.66. The highest BCUT2D eigenvalue weighted by atomic mass is 35.5. The molecule has 0 saturated heterocycles. The minimum absolute atomic E-state index is 0.645. The number of thiophene rings is 1. The van der Waals surface area contributed by atoms with Crippen LogP contribution in [0.25, 0.3) is 0 Å². The van der Waals surface area contributed by atoms with Crippen molar-refractivity contribution in [1.82, 2.24) is 9.88 Å².